The van der Waals surface area contributed by atoms with E-state index in [1.54, 1.807) is 0 Å². The molecule has 1 unspecified atom stereocenters. The Morgan fingerprint density at radius 1 is 0.269 bits per heavy atom. The van der Waals surface area contributed by atoms with Crippen molar-refractivity contribution in [1.82, 2.24) is 0 Å². The van der Waals surface area contributed by atoms with E-state index in [1.165, 1.54) is 193 Å². The molecule has 1 atom stereocenters. The van der Waals surface area contributed by atoms with E-state index in [1.807, 2.05) is 0 Å². The summed E-state index contributed by atoms with van der Waals surface area (Å²) in [5, 5.41) is 0. The Morgan fingerprint density at radius 2 is 0.500 bits per heavy atom. The van der Waals surface area contributed by atoms with Crippen molar-refractivity contribution in [2.45, 2.75) is 341 Å². The number of ether oxygens (including phenoxy) is 3. The number of hydrogen-bond acceptors (Lipinski definition) is 6. The lowest BCUT2D eigenvalue weighted by molar-refractivity contribution is -0.167. The Hall–Kier alpha value is -3.41. The predicted molar refractivity (Wildman–Crippen MR) is 339 cm³/mol. The standard InChI is InChI=1S/C72H126O6/c1-4-7-10-13-16-18-20-22-24-26-28-29-30-31-32-33-34-35-36-37-38-39-40-41-42-43-45-46-48-50-52-54-56-59-62-65-71(74)77-68-69(67-76-70(73)64-61-58-15-12-9-6-3)78-72(75)66-63-60-57-55-53-51-49-47-44-27-25-23-21-19-17-14-11-8-5-2/h7,10,16,18,22,24,28-29,31-32,34-35,37-38,69H,4-6,8-9,11-15,17,19-21,23,25-27,30,33,36,39-68H2,1-3H3/b10-7-,18-16-,24-22-,29-28-,32-31-,35-34-,38-37-. The Kier molecular flexibility index (Phi) is 63.2. The normalized spacial score (nSPS) is 12.6. The first-order valence-corrected chi connectivity index (χ1v) is 33.6. The highest BCUT2D eigenvalue weighted by Gasteiger charge is 2.19. The second-order valence-corrected chi connectivity index (χ2v) is 22.4. The first-order valence-electron chi connectivity index (χ1n) is 33.6. The number of carbonyl (C=O) groups excluding carboxylic acids is 3. The van der Waals surface area contributed by atoms with Gasteiger partial charge < -0.3 is 14.2 Å². The van der Waals surface area contributed by atoms with Crippen LogP contribution in [-0.2, 0) is 28.6 Å². The molecule has 0 aromatic rings. The summed E-state index contributed by atoms with van der Waals surface area (Å²) in [7, 11) is 0. The lowest BCUT2D eigenvalue weighted by atomic mass is 10.0. The molecule has 0 rings (SSSR count). The number of hydrogen-bond donors (Lipinski definition) is 0. The third-order valence-corrected chi connectivity index (χ3v) is 14.7. The highest BCUT2D eigenvalue weighted by molar-refractivity contribution is 5.71. The van der Waals surface area contributed by atoms with Gasteiger partial charge in [-0.15, -0.1) is 0 Å². The minimum Gasteiger partial charge on any atom is -0.462 e. The van der Waals surface area contributed by atoms with Crippen molar-refractivity contribution in [2.24, 2.45) is 0 Å². The molecule has 0 radical (unpaired) electrons. The minimum atomic E-state index is -0.770. The summed E-state index contributed by atoms with van der Waals surface area (Å²) >= 11 is 0. The molecule has 0 N–H and O–H groups in total. The van der Waals surface area contributed by atoms with Crippen LogP contribution in [0.25, 0.3) is 0 Å². The minimum absolute atomic E-state index is 0.0714. The van der Waals surface area contributed by atoms with Gasteiger partial charge in [-0.05, 0) is 77.0 Å². The molecule has 0 saturated carbocycles. The van der Waals surface area contributed by atoms with Gasteiger partial charge in [-0.1, -0.05) is 324 Å². The summed E-state index contributed by atoms with van der Waals surface area (Å²) in [6.07, 6.45) is 87.8. The molecular weight excluding hydrogens is 961 g/mol. The zero-order chi connectivity index (χ0) is 56.4. The number of unbranched alkanes of at least 4 members (excludes halogenated alkanes) is 36. The molecule has 0 bridgehead atoms. The Bertz CT molecular complexity index is 1480. The molecule has 0 spiro atoms. The van der Waals surface area contributed by atoms with Crippen LogP contribution in [0.2, 0.25) is 0 Å². The van der Waals surface area contributed by atoms with Crippen LogP contribution in [0.15, 0.2) is 85.1 Å². The average molecular weight is 1090 g/mol. The molecular formula is C72H126O6. The van der Waals surface area contributed by atoms with Crippen LogP contribution in [-0.4, -0.2) is 37.2 Å². The van der Waals surface area contributed by atoms with Crippen LogP contribution in [0.5, 0.6) is 0 Å². The fourth-order valence-corrected chi connectivity index (χ4v) is 9.66. The van der Waals surface area contributed by atoms with E-state index in [2.05, 4.69) is 106 Å². The topological polar surface area (TPSA) is 78.9 Å². The maximum absolute atomic E-state index is 12.8. The van der Waals surface area contributed by atoms with E-state index in [0.717, 1.165) is 103 Å². The molecule has 6 nitrogen and oxygen atoms in total. The fraction of sp³-hybridized carbons (Fsp3) is 0.764. The van der Waals surface area contributed by atoms with Gasteiger partial charge in [0.05, 0.1) is 0 Å². The van der Waals surface area contributed by atoms with Gasteiger partial charge >= 0.3 is 17.9 Å². The van der Waals surface area contributed by atoms with E-state index in [4.69, 9.17) is 14.2 Å². The van der Waals surface area contributed by atoms with Gasteiger partial charge in [0.25, 0.3) is 0 Å². The number of allylic oxidation sites excluding steroid dienone is 14. The number of rotatable bonds is 61. The number of carbonyl (C=O) groups is 3. The van der Waals surface area contributed by atoms with Crippen molar-refractivity contribution in [3.05, 3.63) is 85.1 Å². The first-order chi connectivity index (χ1) is 38.5. The van der Waals surface area contributed by atoms with Crippen molar-refractivity contribution >= 4 is 17.9 Å². The van der Waals surface area contributed by atoms with Crippen molar-refractivity contribution in [2.75, 3.05) is 13.2 Å². The molecule has 0 heterocycles. The molecule has 0 aromatic carbocycles. The number of esters is 3. The summed E-state index contributed by atoms with van der Waals surface area (Å²) in [6.45, 7) is 6.51. The van der Waals surface area contributed by atoms with Crippen LogP contribution in [0.1, 0.15) is 335 Å². The summed E-state index contributed by atoms with van der Waals surface area (Å²) in [5.41, 5.74) is 0. The van der Waals surface area contributed by atoms with Crippen LogP contribution in [0, 0.1) is 0 Å². The van der Waals surface area contributed by atoms with E-state index in [9.17, 15) is 14.4 Å². The van der Waals surface area contributed by atoms with Gasteiger partial charge in [0.1, 0.15) is 13.2 Å². The second kappa shape index (κ2) is 66.1. The molecule has 0 aromatic heterocycles. The molecule has 0 aliphatic heterocycles. The predicted octanol–water partition coefficient (Wildman–Crippen LogP) is 23.1. The first kappa shape index (κ1) is 74.6. The molecule has 0 aliphatic rings. The highest BCUT2D eigenvalue weighted by atomic mass is 16.6. The second-order valence-electron chi connectivity index (χ2n) is 22.4. The maximum Gasteiger partial charge on any atom is 0.306 e. The average Bonchev–Trinajstić information content (AvgIpc) is 3.44. The molecule has 6 heteroatoms. The zero-order valence-corrected chi connectivity index (χ0v) is 51.7. The lowest BCUT2D eigenvalue weighted by Crippen LogP contribution is -2.30. The molecule has 450 valence electrons. The summed E-state index contributed by atoms with van der Waals surface area (Å²) < 4.78 is 16.8. The van der Waals surface area contributed by atoms with Crippen molar-refractivity contribution in [3.8, 4) is 0 Å². The van der Waals surface area contributed by atoms with Gasteiger partial charge in [0.2, 0.25) is 0 Å². The van der Waals surface area contributed by atoms with Crippen molar-refractivity contribution in [3.63, 3.8) is 0 Å². The highest BCUT2D eigenvalue weighted by Crippen LogP contribution is 2.17. The van der Waals surface area contributed by atoms with Crippen molar-refractivity contribution < 1.29 is 28.6 Å². The van der Waals surface area contributed by atoms with Gasteiger partial charge in [-0.2, -0.15) is 0 Å². The summed E-state index contributed by atoms with van der Waals surface area (Å²) in [4.78, 5) is 38.0. The molecule has 0 amide bonds. The molecule has 0 saturated heterocycles. The third kappa shape index (κ3) is 63.4. The van der Waals surface area contributed by atoms with E-state index >= 15 is 0 Å². The Labute approximate surface area is 484 Å². The Balaban J connectivity index is 4.00. The lowest BCUT2D eigenvalue weighted by Gasteiger charge is -2.18. The summed E-state index contributed by atoms with van der Waals surface area (Å²) in [5.74, 6) is -0.866. The fourth-order valence-electron chi connectivity index (χ4n) is 9.66. The van der Waals surface area contributed by atoms with Gasteiger partial charge in [-0.25, -0.2) is 0 Å². The largest absolute Gasteiger partial charge is 0.462 e. The third-order valence-electron chi connectivity index (χ3n) is 14.7. The van der Waals surface area contributed by atoms with Crippen LogP contribution in [0.3, 0.4) is 0 Å². The van der Waals surface area contributed by atoms with Crippen LogP contribution in [0.4, 0.5) is 0 Å². The molecule has 78 heavy (non-hydrogen) atoms. The zero-order valence-electron chi connectivity index (χ0n) is 51.7. The summed E-state index contributed by atoms with van der Waals surface area (Å²) in [6, 6.07) is 0. The SMILES string of the molecule is CC/C=C\C/C=C\C/C=C\C/C=C\C/C=C\C/C=C\C/C=C\CCCCCCCCCCCCCCCC(=O)OCC(COC(=O)CCCCCCCC)OC(=O)CCCCCCCCCCCCCCCCCCCCC. The smallest absolute Gasteiger partial charge is 0.306 e. The van der Waals surface area contributed by atoms with E-state index in [0.29, 0.717) is 19.3 Å². The van der Waals surface area contributed by atoms with Gasteiger partial charge in [0.15, 0.2) is 6.10 Å². The van der Waals surface area contributed by atoms with E-state index in [-0.39, 0.29) is 31.1 Å². The molecule has 0 aliphatic carbocycles. The van der Waals surface area contributed by atoms with Crippen LogP contribution >= 0.6 is 0 Å². The van der Waals surface area contributed by atoms with Gasteiger partial charge in [0, 0.05) is 19.3 Å². The quantitative estimate of drug-likeness (QED) is 0.0261. The van der Waals surface area contributed by atoms with Crippen LogP contribution < -0.4 is 0 Å². The molecule has 0 fully saturated rings. The monoisotopic (exact) mass is 1090 g/mol. The maximum atomic E-state index is 12.8. The Morgan fingerprint density at radius 3 is 0.782 bits per heavy atom. The van der Waals surface area contributed by atoms with E-state index < -0.39 is 6.10 Å². The van der Waals surface area contributed by atoms with Gasteiger partial charge in [-0.3, -0.25) is 14.4 Å². The van der Waals surface area contributed by atoms with Crippen molar-refractivity contribution in [1.29, 1.82) is 0 Å².